The van der Waals surface area contributed by atoms with Gasteiger partial charge in [0.1, 0.15) is 0 Å². The van der Waals surface area contributed by atoms with Gasteiger partial charge >= 0.3 is 0 Å². The highest BCUT2D eigenvalue weighted by atomic mass is 35.5. The van der Waals surface area contributed by atoms with Gasteiger partial charge in [-0.3, -0.25) is 9.78 Å². The van der Waals surface area contributed by atoms with Crippen molar-refractivity contribution in [2.24, 2.45) is 0 Å². The summed E-state index contributed by atoms with van der Waals surface area (Å²) < 4.78 is 20.3. The Kier molecular flexibility index (Phi) is 4.57. The molecule has 1 aromatic carbocycles. The van der Waals surface area contributed by atoms with Gasteiger partial charge < -0.3 is 9.64 Å². The first-order valence-electron chi connectivity index (χ1n) is 8.91. The fourth-order valence-corrected chi connectivity index (χ4v) is 3.96. The summed E-state index contributed by atoms with van der Waals surface area (Å²) in [6.07, 6.45) is 6.33. The smallest absolute Gasteiger partial charge is 0.260 e. The summed E-state index contributed by atoms with van der Waals surface area (Å²) in [5, 5.41) is 0.00596. The Morgan fingerprint density at radius 1 is 1.35 bits per heavy atom. The molecule has 136 valence electrons. The van der Waals surface area contributed by atoms with E-state index in [1.54, 1.807) is 17.2 Å². The van der Waals surface area contributed by atoms with E-state index in [-0.39, 0.29) is 35.0 Å². The minimum atomic E-state index is -0.654. The number of amides is 1. The van der Waals surface area contributed by atoms with E-state index >= 15 is 0 Å². The molecule has 1 aliphatic heterocycles. The number of pyridine rings is 1. The SMILES string of the molecule is Cc1ccc(Cc2cc3c(c(F)c2Cl)OCN(C2CCCC2)C3=O)cn1. The number of rotatable bonds is 3. The van der Waals surface area contributed by atoms with Crippen LogP contribution >= 0.6 is 11.6 Å². The monoisotopic (exact) mass is 374 g/mol. The predicted octanol–water partition coefficient (Wildman–Crippen LogP) is 4.51. The first-order chi connectivity index (χ1) is 12.5. The second kappa shape index (κ2) is 6.88. The van der Waals surface area contributed by atoms with E-state index in [0.717, 1.165) is 36.9 Å². The molecule has 1 saturated carbocycles. The largest absolute Gasteiger partial charge is 0.469 e. The highest BCUT2D eigenvalue weighted by molar-refractivity contribution is 6.32. The zero-order valence-corrected chi connectivity index (χ0v) is 15.4. The highest BCUT2D eigenvalue weighted by Crippen LogP contribution is 2.38. The van der Waals surface area contributed by atoms with Gasteiger partial charge in [0.2, 0.25) is 0 Å². The number of fused-ring (bicyclic) bond motifs is 1. The van der Waals surface area contributed by atoms with Crippen molar-refractivity contribution >= 4 is 17.5 Å². The van der Waals surface area contributed by atoms with Crippen LogP contribution in [0.25, 0.3) is 0 Å². The summed E-state index contributed by atoms with van der Waals surface area (Å²) in [5.41, 5.74) is 2.65. The summed E-state index contributed by atoms with van der Waals surface area (Å²) in [6, 6.07) is 5.68. The van der Waals surface area contributed by atoms with Crippen molar-refractivity contribution in [2.45, 2.75) is 45.1 Å². The minimum Gasteiger partial charge on any atom is -0.469 e. The number of aryl methyl sites for hydroxylation is 1. The van der Waals surface area contributed by atoms with E-state index < -0.39 is 5.82 Å². The lowest BCUT2D eigenvalue weighted by molar-refractivity contribution is 0.0378. The first-order valence-corrected chi connectivity index (χ1v) is 9.28. The average molecular weight is 375 g/mol. The Balaban J connectivity index is 1.68. The number of hydrogen-bond acceptors (Lipinski definition) is 3. The van der Waals surface area contributed by atoms with Crippen molar-refractivity contribution in [1.29, 1.82) is 0 Å². The number of benzene rings is 1. The number of aromatic nitrogens is 1. The number of hydrogen-bond donors (Lipinski definition) is 0. The Labute approximate surface area is 156 Å². The summed E-state index contributed by atoms with van der Waals surface area (Å²) >= 11 is 6.22. The molecule has 0 spiro atoms. The van der Waals surface area contributed by atoms with Crippen LogP contribution in [0.4, 0.5) is 4.39 Å². The zero-order chi connectivity index (χ0) is 18.3. The highest BCUT2D eigenvalue weighted by Gasteiger charge is 2.35. The van der Waals surface area contributed by atoms with Gasteiger partial charge in [-0.1, -0.05) is 30.5 Å². The van der Waals surface area contributed by atoms with Crippen LogP contribution in [-0.2, 0) is 6.42 Å². The third kappa shape index (κ3) is 3.05. The van der Waals surface area contributed by atoms with Crippen molar-refractivity contribution in [2.75, 3.05) is 6.73 Å². The van der Waals surface area contributed by atoms with E-state index in [1.807, 2.05) is 19.1 Å². The minimum absolute atomic E-state index is 0.00596. The molecule has 4 nitrogen and oxygen atoms in total. The predicted molar refractivity (Wildman–Crippen MR) is 97.1 cm³/mol. The summed E-state index contributed by atoms with van der Waals surface area (Å²) in [5.74, 6) is -0.851. The molecule has 1 amide bonds. The molecule has 0 radical (unpaired) electrons. The number of nitrogens with zero attached hydrogens (tertiary/aromatic N) is 2. The zero-order valence-electron chi connectivity index (χ0n) is 14.6. The molecule has 2 aliphatic rings. The van der Waals surface area contributed by atoms with E-state index in [1.165, 1.54) is 0 Å². The van der Waals surface area contributed by atoms with Gasteiger partial charge in [-0.05, 0) is 43.0 Å². The second-order valence-corrected chi connectivity index (χ2v) is 7.39. The lowest BCUT2D eigenvalue weighted by atomic mass is 10.0. The first kappa shape index (κ1) is 17.3. The van der Waals surface area contributed by atoms with E-state index in [0.29, 0.717) is 12.0 Å². The van der Waals surface area contributed by atoms with Crippen LogP contribution in [0.5, 0.6) is 5.75 Å². The van der Waals surface area contributed by atoms with Crippen LogP contribution < -0.4 is 4.74 Å². The second-order valence-electron chi connectivity index (χ2n) is 7.01. The molecule has 1 fully saturated rings. The van der Waals surface area contributed by atoms with E-state index in [9.17, 15) is 9.18 Å². The van der Waals surface area contributed by atoms with Gasteiger partial charge in [-0.2, -0.15) is 0 Å². The molecule has 1 aliphatic carbocycles. The van der Waals surface area contributed by atoms with Crippen LogP contribution in [0, 0.1) is 12.7 Å². The standard InChI is InChI=1S/C20H20ClFN2O2/c1-12-6-7-13(10-23-12)8-14-9-16-19(18(22)17(14)21)26-11-24(20(16)25)15-4-2-3-5-15/h6-7,9-10,15H,2-5,8,11H2,1H3. The quantitative estimate of drug-likeness (QED) is 0.793. The number of carbonyl (C=O) groups excluding carboxylic acids is 1. The van der Waals surface area contributed by atoms with Crippen molar-refractivity contribution < 1.29 is 13.9 Å². The average Bonchev–Trinajstić information content (AvgIpc) is 3.16. The van der Waals surface area contributed by atoms with E-state index in [2.05, 4.69) is 4.98 Å². The molecule has 0 saturated heterocycles. The number of ether oxygens (including phenoxy) is 1. The van der Waals surface area contributed by atoms with Crippen molar-refractivity contribution in [3.8, 4) is 5.75 Å². The Bertz CT molecular complexity index is 848. The molecular weight excluding hydrogens is 355 g/mol. The molecule has 2 heterocycles. The Morgan fingerprint density at radius 3 is 2.81 bits per heavy atom. The molecule has 26 heavy (non-hydrogen) atoms. The number of halogens is 2. The molecular formula is C20H20ClFN2O2. The van der Waals surface area contributed by atoms with Crippen LogP contribution in [0.3, 0.4) is 0 Å². The third-order valence-electron chi connectivity index (χ3n) is 5.21. The fraction of sp³-hybridized carbons (Fsp3) is 0.400. The maximum absolute atomic E-state index is 14.7. The molecule has 1 aromatic heterocycles. The maximum atomic E-state index is 14.7. The van der Waals surface area contributed by atoms with Crippen molar-refractivity contribution in [1.82, 2.24) is 9.88 Å². The van der Waals surface area contributed by atoms with Gasteiger partial charge in [0.25, 0.3) is 5.91 Å². The molecule has 6 heteroatoms. The molecule has 0 N–H and O–H groups in total. The Hall–Kier alpha value is -2.14. The van der Waals surface area contributed by atoms with Gasteiger partial charge in [-0.15, -0.1) is 0 Å². The van der Waals surface area contributed by atoms with Crippen LogP contribution in [0.15, 0.2) is 24.4 Å². The Morgan fingerprint density at radius 2 is 2.12 bits per heavy atom. The molecule has 0 bridgehead atoms. The molecule has 4 rings (SSSR count). The van der Waals surface area contributed by atoms with Crippen LogP contribution in [0.1, 0.15) is 52.9 Å². The summed E-state index contributed by atoms with van der Waals surface area (Å²) in [7, 11) is 0. The van der Waals surface area contributed by atoms with Crippen molar-refractivity contribution in [3.05, 3.63) is 57.6 Å². The maximum Gasteiger partial charge on any atom is 0.260 e. The van der Waals surface area contributed by atoms with Crippen LogP contribution in [0.2, 0.25) is 5.02 Å². The van der Waals surface area contributed by atoms with Gasteiger partial charge in [-0.25, -0.2) is 4.39 Å². The summed E-state index contributed by atoms with van der Waals surface area (Å²) in [6.45, 7) is 1.99. The van der Waals surface area contributed by atoms with Gasteiger partial charge in [0.15, 0.2) is 18.3 Å². The van der Waals surface area contributed by atoms with E-state index in [4.69, 9.17) is 16.3 Å². The molecule has 0 unspecified atom stereocenters. The lowest BCUT2D eigenvalue weighted by Crippen LogP contribution is -2.44. The summed E-state index contributed by atoms with van der Waals surface area (Å²) in [4.78, 5) is 18.9. The normalized spacial score (nSPS) is 17.3. The number of carbonyl (C=O) groups is 1. The fourth-order valence-electron chi connectivity index (χ4n) is 3.75. The van der Waals surface area contributed by atoms with Crippen LogP contribution in [-0.4, -0.2) is 28.6 Å². The van der Waals surface area contributed by atoms with Gasteiger partial charge in [0.05, 0.1) is 10.6 Å². The van der Waals surface area contributed by atoms with Gasteiger partial charge in [0, 0.05) is 24.4 Å². The molecule has 2 aromatic rings. The third-order valence-corrected chi connectivity index (χ3v) is 5.62. The molecule has 0 atom stereocenters. The van der Waals surface area contributed by atoms with Crippen molar-refractivity contribution in [3.63, 3.8) is 0 Å². The topological polar surface area (TPSA) is 42.4 Å². The lowest BCUT2D eigenvalue weighted by Gasteiger charge is -2.33.